The van der Waals surface area contributed by atoms with Crippen LogP contribution in [-0.2, 0) is 0 Å². The average Bonchev–Trinajstić information content (AvgIpc) is 2.65. The van der Waals surface area contributed by atoms with Crippen LogP contribution in [0.4, 0.5) is 0 Å². The molecule has 2 heteroatoms. The van der Waals surface area contributed by atoms with Crippen molar-refractivity contribution in [3.8, 4) is 10.4 Å². The summed E-state index contributed by atoms with van der Waals surface area (Å²) in [7, 11) is 0. The summed E-state index contributed by atoms with van der Waals surface area (Å²) in [5.41, 5.74) is 5.03. The standard InChI is InChI=1S/C15H16OS/c1-9-6-5-7-13(11(9)3)15-10(2)8-14(17-15)12(4)16/h5-8H,1-4H3. The Hall–Kier alpha value is -1.41. The number of ketones is 1. The number of thiophene rings is 1. The molecule has 88 valence electrons. The lowest BCUT2D eigenvalue weighted by molar-refractivity contribution is 0.102. The fourth-order valence-electron chi connectivity index (χ4n) is 1.92. The monoisotopic (exact) mass is 244 g/mol. The fraction of sp³-hybridized carbons (Fsp3) is 0.267. The van der Waals surface area contributed by atoms with E-state index in [1.807, 2.05) is 6.07 Å². The van der Waals surface area contributed by atoms with Crippen molar-refractivity contribution in [3.05, 3.63) is 45.8 Å². The molecule has 0 bridgehead atoms. The molecule has 2 rings (SSSR count). The molecule has 0 N–H and O–H groups in total. The normalized spacial score (nSPS) is 10.6. The molecule has 0 aliphatic heterocycles. The summed E-state index contributed by atoms with van der Waals surface area (Å²) >= 11 is 1.59. The SMILES string of the molecule is CC(=O)c1cc(C)c(-c2cccc(C)c2C)s1. The molecular formula is C15H16OS. The van der Waals surface area contributed by atoms with Gasteiger partial charge in [0, 0.05) is 4.88 Å². The average molecular weight is 244 g/mol. The number of benzene rings is 1. The lowest BCUT2D eigenvalue weighted by Crippen LogP contribution is -1.85. The summed E-state index contributed by atoms with van der Waals surface area (Å²) in [6, 6.07) is 8.31. The maximum atomic E-state index is 11.4. The van der Waals surface area contributed by atoms with Crippen LogP contribution >= 0.6 is 11.3 Å². The zero-order chi connectivity index (χ0) is 12.6. The molecule has 0 fully saturated rings. The number of carbonyl (C=O) groups is 1. The van der Waals surface area contributed by atoms with Crippen LogP contribution in [0.25, 0.3) is 10.4 Å². The van der Waals surface area contributed by atoms with Crippen molar-refractivity contribution in [2.45, 2.75) is 27.7 Å². The quantitative estimate of drug-likeness (QED) is 0.709. The van der Waals surface area contributed by atoms with E-state index in [0.717, 1.165) is 4.88 Å². The second-order valence-corrected chi connectivity index (χ2v) is 5.48. The molecule has 0 unspecified atom stereocenters. The highest BCUT2D eigenvalue weighted by Crippen LogP contribution is 2.35. The topological polar surface area (TPSA) is 17.1 Å². The van der Waals surface area contributed by atoms with Gasteiger partial charge in [-0.25, -0.2) is 0 Å². The molecule has 0 aliphatic carbocycles. The van der Waals surface area contributed by atoms with E-state index in [2.05, 4.69) is 39.0 Å². The fourth-order valence-corrected chi connectivity index (χ4v) is 3.07. The molecule has 0 spiro atoms. The highest BCUT2D eigenvalue weighted by molar-refractivity contribution is 7.17. The van der Waals surface area contributed by atoms with Crippen LogP contribution in [0.1, 0.15) is 33.3 Å². The minimum absolute atomic E-state index is 0.148. The van der Waals surface area contributed by atoms with Gasteiger partial charge in [-0.3, -0.25) is 4.79 Å². The Bertz CT molecular complexity index is 579. The maximum absolute atomic E-state index is 11.4. The number of hydrogen-bond donors (Lipinski definition) is 0. The van der Waals surface area contributed by atoms with Gasteiger partial charge in [-0.05, 0) is 56.0 Å². The van der Waals surface area contributed by atoms with Crippen LogP contribution in [0.3, 0.4) is 0 Å². The predicted molar refractivity (Wildman–Crippen MR) is 74.0 cm³/mol. The van der Waals surface area contributed by atoms with E-state index in [1.54, 1.807) is 18.3 Å². The van der Waals surface area contributed by atoms with E-state index >= 15 is 0 Å². The van der Waals surface area contributed by atoms with Gasteiger partial charge in [-0.15, -0.1) is 11.3 Å². The van der Waals surface area contributed by atoms with Crippen LogP contribution in [-0.4, -0.2) is 5.78 Å². The maximum Gasteiger partial charge on any atom is 0.169 e. The lowest BCUT2D eigenvalue weighted by atomic mass is 10.0. The molecule has 1 aromatic heterocycles. The minimum atomic E-state index is 0.148. The molecule has 1 heterocycles. The van der Waals surface area contributed by atoms with Gasteiger partial charge in [0.05, 0.1) is 4.88 Å². The highest BCUT2D eigenvalue weighted by atomic mass is 32.1. The van der Waals surface area contributed by atoms with Gasteiger partial charge in [-0.2, -0.15) is 0 Å². The second kappa shape index (κ2) is 4.46. The first kappa shape index (κ1) is 12.1. The highest BCUT2D eigenvalue weighted by Gasteiger charge is 2.12. The van der Waals surface area contributed by atoms with Gasteiger partial charge in [0.15, 0.2) is 5.78 Å². The van der Waals surface area contributed by atoms with E-state index in [-0.39, 0.29) is 5.78 Å². The molecule has 0 atom stereocenters. The van der Waals surface area contributed by atoms with Crippen LogP contribution < -0.4 is 0 Å². The van der Waals surface area contributed by atoms with Crippen molar-refractivity contribution in [1.29, 1.82) is 0 Å². The summed E-state index contributed by atoms with van der Waals surface area (Å²) in [4.78, 5) is 13.5. The van der Waals surface area contributed by atoms with E-state index < -0.39 is 0 Å². The van der Waals surface area contributed by atoms with E-state index in [1.165, 1.54) is 27.1 Å². The van der Waals surface area contributed by atoms with Gasteiger partial charge < -0.3 is 0 Å². The Kier molecular flexibility index (Phi) is 3.16. The lowest BCUT2D eigenvalue weighted by Gasteiger charge is -2.07. The number of carbonyl (C=O) groups excluding carboxylic acids is 1. The van der Waals surface area contributed by atoms with Gasteiger partial charge in [0.1, 0.15) is 0 Å². The number of rotatable bonds is 2. The third-order valence-electron chi connectivity index (χ3n) is 3.11. The summed E-state index contributed by atoms with van der Waals surface area (Å²) in [6.45, 7) is 7.95. The Morgan fingerprint density at radius 3 is 2.41 bits per heavy atom. The molecule has 1 nitrogen and oxygen atoms in total. The second-order valence-electron chi connectivity index (χ2n) is 4.43. The molecule has 2 aromatic rings. The molecule has 17 heavy (non-hydrogen) atoms. The molecule has 1 aromatic carbocycles. The van der Waals surface area contributed by atoms with Crippen molar-refractivity contribution in [1.82, 2.24) is 0 Å². The van der Waals surface area contributed by atoms with Crippen LogP contribution in [0.5, 0.6) is 0 Å². The van der Waals surface area contributed by atoms with Crippen molar-refractivity contribution in [2.75, 3.05) is 0 Å². The summed E-state index contributed by atoms with van der Waals surface area (Å²) in [6.07, 6.45) is 0. The van der Waals surface area contributed by atoms with Crippen LogP contribution in [0, 0.1) is 20.8 Å². The summed E-state index contributed by atoms with van der Waals surface area (Å²) < 4.78 is 0. The Labute approximate surface area is 106 Å². The molecule has 0 aliphatic rings. The first-order valence-corrected chi connectivity index (χ1v) is 6.50. The number of aryl methyl sites for hydroxylation is 2. The first-order valence-electron chi connectivity index (χ1n) is 5.68. The molecule has 0 amide bonds. The van der Waals surface area contributed by atoms with Crippen LogP contribution in [0.15, 0.2) is 24.3 Å². The molecular weight excluding hydrogens is 228 g/mol. The Morgan fingerprint density at radius 1 is 1.12 bits per heavy atom. The van der Waals surface area contributed by atoms with Gasteiger partial charge in [-0.1, -0.05) is 18.2 Å². The van der Waals surface area contributed by atoms with Gasteiger partial charge in [0.25, 0.3) is 0 Å². The van der Waals surface area contributed by atoms with Crippen molar-refractivity contribution < 1.29 is 4.79 Å². The first-order chi connectivity index (χ1) is 8.00. The largest absolute Gasteiger partial charge is 0.294 e. The predicted octanol–water partition coefficient (Wildman–Crippen LogP) is 4.54. The van der Waals surface area contributed by atoms with Crippen LogP contribution in [0.2, 0.25) is 0 Å². The minimum Gasteiger partial charge on any atom is -0.294 e. The summed E-state index contributed by atoms with van der Waals surface area (Å²) in [5.74, 6) is 0.148. The van der Waals surface area contributed by atoms with Gasteiger partial charge >= 0.3 is 0 Å². The summed E-state index contributed by atoms with van der Waals surface area (Å²) in [5, 5.41) is 0. The Balaban J connectivity index is 2.60. The zero-order valence-electron chi connectivity index (χ0n) is 10.6. The van der Waals surface area contributed by atoms with E-state index in [0.29, 0.717) is 0 Å². The van der Waals surface area contributed by atoms with E-state index in [4.69, 9.17) is 0 Å². The smallest absolute Gasteiger partial charge is 0.169 e. The van der Waals surface area contributed by atoms with E-state index in [9.17, 15) is 4.79 Å². The molecule has 0 radical (unpaired) electrons. The number of hydrogen-bond acceptors (Lipinski definition) is 2. The number of Topliss-reactive ketones (excluding diaryl/α,β-unsaturated/α-hetero) is 1. The third kappa shape index (κ3) is 2.18. The van der Waals surface area contributed by atoms with Crippen molar-refractivity contribution in [3.63, 3.8) is 0 Å². The van der Waals surface area contributed by atoms with Crippen molar-refractivity contribution in [2.24, 2.45) is 0 Å². The van der Waals surface area contributed by atoms with Gasteiger partial charge in [0.2, 0.25) is 0 Å². The zero-order valence-corrected chi connectivity index (χ0v) is 11.4. The third-order valence-corrected chi connectivity index (χ3v) is 4.49. The van der Waals surface area contributed by atoms with Crippen molar-refractivity contribution >= 4 is 17.1 Å². The molecule has 0 saturated heterocycles. The Morgan fingerprint density at radius 2 is 1.82 bits per heavy atom. The molecule has 0 saturated carbocycles.